The minimum Gasteiger partial charge on any atom is -0.494 e. The average Bonchev–Trinajstić information content (AvgIpc) is 3.48. The Morgan fingerprint density at radius 3 is 1.97 bits per heavy atom. The molecule has 0 saturated heterocycles. The first kappa shape index (κ1) is 23.6. The van der Waals surface area contributed by atoms with Gasteiger partial charge < -0.3 is 10.1 Å². The van der Waals surface area contributed by atoms with Gasteiger partial charge in [0.15, 0.2) is 17.4 Å². The predicted octanol–water partition coefficient (Wildman–Crippen LogP) is 7.54. The second-order valence-corrected chi connectivity index (χ2v) is 10.6. The number of carbonyl (C=O) groups excluding carboxylic acids is 2. The number of nitrogens with zero attached hydrogens (tertiary/aromatic N) is 1. The molecule has 0 spiro atoms. The van der Waals surface area contributed by atoms with Gasteiger partial charge in [-0.3, -0.25) is 14.6 Å². The van der Waals surface area contributed by atoms with Gasteiger partial charge in [0, 0.05) is 43.0 Å². The van der Waals surface area contributed by atoms with Crippen LogP contribution in [0.25, 0.3) is 10.9 Å². The third-order valence-electron chi connectivity index (χ3n) is 6.53. The molecule has 0 atom stereocenters. The molecule has 0 radical (unpaired) electrons. The summed E-state index contributed by atoms with van der Waals surface area (Å²) in [6, 6.07) is 25.4. The number of aromatic hydroxyl groups is 1. The summed E-state index contributed by atoms with van der Waals surface area (Å²) in [5.41, 5.74) is 5.35. The van der Waals surface area contributed by atoms with Crippen molar-refractivity contribution in [3.63, 3.8) is 0 Å². The maximum atomic E-state index is 13.3. The fourth-order valence-electron chi connectivity index (χ4n) is 4.75. The smallest absolute Gasteiger partial charge is 0.198 e. The summed E-state index contributed by atoms with van der Waals surface area (Å²) in [7, 11) is 0. The normalized spacial score (nSPS) is 12.4. The van der Waals surface area contributed by atoms with E-state index in [0.717, 1.165) is 14.5 Å². The molecule has 5 nitrogen and oxygen atoms in total. The van der Waals surface area contributed by atoms with Crippen molar-refractivity contribution in [2.75, 3.05) is 0 Å². The molecule has 5 aromatic rings. The lowest BCUT2D eigenvalue weighted by Gasteiger charge is -2.05. The molecule has 0 bridgehead atoms. The van der Waals surface area contributed by atoms with Crippen LogP contribution in [0, 0.1) is 0 Å². The van der Waals surface area contributed by atoms with Gasteiger partial charge in [0.2, 0.25) is 0 Å². The van der Waals surface area contributed by atoms with Gasteiger partial charge in [0.05, 0.1) is 22.5 Å². The van der Waals surface area contributed by atoms with Crippen LogP contribution in [-0.2, 0) is 6.42 Å². The van der Waals surface area contributed by atoms with Crippen LogP contribution >= 0.6 is 31.9 Å². The summed E-state index contributed by atoms with van der Waals surface area (Å²) in [4.78, 5) is 34.4. The Labute approximate surface area is 229 Å². The first-order valence-electron chi connectivity index (χ1n) is 11.5. The van der Waals surface area contributed by atoms with Crippen molar-refractivity contribution in [2.45, 2.75) is 6.42 Å². The number of para-hydroxylation sites is 2. The quantitative estimate of drug-likeness (QED) is 0.201. The summed E-state index contributed by atoms with van der Waals surface area (Å²) in [6.07, 6.45) is 0.461. The highest BCUT2D eigenvalue weighted by atomic mass is 79.9. The Kier molecular flexibility index (Phi) is 5.89. The molecule has 0 aliphatic carbocycles. The summed E-state index contributed by atoms with van der Waals surface area (Å²) in [6.45, 7) is 0. The Bertz CT molecular complexity index is 1750. The number of carbonyl (C=O) groups is 2. The van der Waals surface area contributed by atoms with Crippen LogP contribution in [0.2, 0.25) is 0 Å². The van der Waals surface area contributed by atoms with Gasteiger partial charge in [-0.05, 0) is 66.2 Å². The molecule has 2 N–H and O–H groups in total. The van der Waals surface area contributed by atoms with Gasteiger partial charge in [-0.25, -0.2) is 0 Å². The van der Waals surface area contributed by atoms with Gasteiger partial charge >= 0.3 is 0 Å². The van der Waals surface area contributed by atoms with Gasteiger partial charge in [0.1, 0.15) is 0 Å². The third kappa shape index (κ3) is 4.14. The number of aliphatic imine (C=N–C) groups is 1. The number of hydrogen-bond acceptors (Lipinski definition) is 4. The van der Waals surface area contributed by atoms with Crippen LogP contribution in [0.15, 0.2) is 98.9 Å². The summed E-state index contributed by atoms with van der Waals surface area (Å²) in [5.74, 6) is -0.316. The second-order valence-electron chi connectivity index (χ2n) is 8.80. The molecule has 0 amide bonds. The second kappa shape index (κ2) is 9.25. The number of H-pyrrole nitrogens is 1. The number of ketones is 2. The zero-order valence-electron chi connectivity index (χ0n) is 19.3. The van der Waals surface area contributed by atoms with Crippen molar-refractivity contribution in [3.05, 3.63) is 127 Å². The van der Waals surface area contributed by atoms with Crippen molar-refractivity contribution in [1.29, 1.82) is 0 Å². The maximum Gasteiger partial charge on any atom is 0.198 e. The summed E-state index contributed by atoms with van der Waals surface area (Å²) >= 11 is 6.80. The van der Waals surface area contributed by atoms with E-state index in [1.54, 1.807) is 42.5 Å². The molecule has 0 saturated carbocycles. The highest BCUT2D eigenvalue weighted by Crippen LogP contribution is 2.38. The van der Waals surface area contributed by atoms with Gasteiger partial charge in [0.25, 0.3) is 0 Å². The molecule has 0 unspecified atom stereocenters. The zero-order valence-corrected chi connectivity index (χ0v) is 22.4. The molecular formula is C30H18Br2N2O3. The Morgan fingerprint density at radius 1 is 0.757 bits per heavy atom. The van der Waals surface area contributed by atoms with Gasteiger partial charge in [-0.1, -0.05) is 56.1 Å². The van der Waals surface area contributed by atoms with E-state index in [1.807, 2.05) is 42.5 Å². The van der Waals surface area contributed by atoms with Crippen LogP contribution in [0.3, 0.4) is 0 Å². The minimum absolute atomic E-state index is 0.0570. The van der Waals surface area contributed by atoms with Crippen LogP contribution in [0.5, 0.6) is 5.88 Å². The number of fused-ring (bicyclic) bond motifs is 2. The summed E-state index contributed by atoms with van der Waals surface area (Å²) in [5, 5.41) is 11.6. The number of nitrogens with one attached hydrogen (secondary N) is 1. The van der Waals surface area contributed by atoms with E-state index < -0.39 is 0 Å². The number of benzene rings is 4. The first-order chi connectivity index (χ1) is 17.9. The molecule has 37 heavy (non-hydrogen) atoms. The number of hydrogen-bond donors (Lipinski definition) is 2. The van der Waals surface area contributed by atoms with Crippen LogP contribution in [0.1, 0.15) is 43.0 Å². The monoisotopic (exact) mass is 612 g/mol. The Balaban J connectivity index is 1.42. The molecule has 180 valence electrons. The summed E-state index contributed by atoms with van der Waals surface area (Å²) < 4.78 is 1.79. The third-order valence-corrected chi connectivity index (χ3v) is 7.59. The van der Waals surface area contributed by atoms with Crippen molar-refractivity contribution in [2.24, 2.45) is 4.99 Å². The Morgan fingerprint density at radius 2 is 1.32 bits per heavy atom. The minimum atomic E-state index is -0.148. The van der Waals surface area contributed by atoms with Crippen LogP contribution in [-0.4, -0.2) is 27.4 Å². The fourth-order valence-corrected chi connectivity index (χ4v) is 5.28. The van der Waals surface area contributed by atoms with Crippen molar-refractivity contribution < 1.29 is 14.7 Å². The van der Waals surface area contributed by atoms with E-state index in [4.69, 9.17) is 4.99 Å². The molecule has 1 aliphatic heterocycles. The predicted molar refractivity (Wildman–Crippen MR) is 151 cm³/mol. The molecule has 6 rings (SSSR count). The van der Waals surface area contributed by atoms with Crippen molar-refractivity contribution in [3.8, 4) is 5.88 Å². The van der Waals surface area contributed by atoms with Gasteiger partial charge in [-0.2, -0.15) is 0 Å². The van der Waals surface area contributed by atoms with E-state index in [-0.39, 0.29) is 17.4 Å². The van der Waals surface area contributed by atoms with Gasteiger partial charge in [-0.15, -0.1) is 0 Å². The topological polar surface area (TPSA) is 82.5 Å². The lowest BCUT2D eigenvalue weighted by molar-refractivity contribution is 0.103. The lowest BCUT2D eigenvalue weighted by Crippen LogP contribution is -2.03. The fraction of sp³-hybridized carbons (Fsp3) is 0.0333. The lowest BCUT2D eigenvalue weighted by atomic mass is 9.97. The van der Waals surface area contributed by atoms with E-state index in [1.165, 1.54) is 0 Å². The number of aromatic amines is 1. The number of rotatable bonds is 5. The highest BCUT2D eigenvalue weighted by molar-refractivity contribution is 9.10. The Hall–Kier alpha value is -3.81. The molecular weight excluding hydrogens is 596 g/mol. The van der Waals surface area contributed by atoms with Crippen molar-refractivity contribution >= 4 is 65.7 Å². The average molecular weight is 614 g/mol. The largest absolute Gasteiger partial charge is 0.494 e. The van der Waals surface area contributed by atoms with Crippen LogP contribution < -0.4 is 0 Å². The molecule has 1 aliphatic rings. The maximum absolute atomic E-state index is 13.3. The number of halogens is 2. The number of aromatic nitrogens is 1. The van der Waals surface area contributed by atoms with E-state index >= 15 is 0 Å². The molecule has 4 aromatic carbocycles. The first-order valence-corrected chi connectivity index (χ1v) is 13.1. The zero-order chi connectivity index (χ0) is 25.7. The standard InChI is InChI=1S/C30H18Br2N2O3/c31-19-11-7-16(8-12-19)28(35)22-5-1-3-18-15-24(33-26(18)22)25-21-4-2-6-23(27(21)34-30(25)37)29(36)17-9-13-20(32)14-10-17/h1-14,34,37H,15H2. The van der Waals surface area contributed by atoms with Crippen LogP contribution in [0.4, 0.5) is 5.69 Å². The van der Waals surface area contributed by atoms with E-state index in [9.17, 15) is 14.7 Å². The molecule has 1 aromatic heterocycles. The molecule has 2 heterocycles. The van der Waals surface area contributed by atoms with Crippen molar-refractivity contribution in [1.82, 2.24) is 4.98 Å². The SMILES string of the molecule is O=C(c1ccc(Br)cc1)c1cccc2c1N=C(c1c(O)[nH]c3c(C(=O)c4ccc(Br)cc4)cccc13)C2. The molecule has 7 heteroatoms. The van der Waals surface area contributed by atoms with E-state index in [2.05, 4.69) is 36.8 Å². The molecule has 0 fully saturated rings. The highest BCUT2D eigenvalue weighted by Gasteiger charge is 2.27. The van der Waals surface area contributed by atoms with E-state index in [0.29, 0.717) is 56.5 Å².